The molecule has 0 fully saturated rings. The number of imidazole rings is 1. The zero-order valence-electron chi connectivity index (χ0n) is 18.0. The molecule has 1 heterocycles. The minimum absolute atomic E-state index is 0.255. The maximum atomic E-state index is 11.4. The number of hydrazine groups is 1. The van der Waals surface area contributed by atoms with Crippen molar-refractivity contribution in [3.05, 3.63) is 32.3 Å². The molecule has 0 aliphatic heterocycles. The van der Waals surface area contributed by atoms with Gasteiger partial charge in [0, 0.05) is 32.1 Å². The van der Waals surface area contributed by atoms with Crippen LogP contribution in [0.1, 0.15) is 41.0 Å². The molecule has 0 radical (unpaired) electrons. The number of aryl methyl sites for hydroxylation is 1. The van der Waals surface area contributed by atoms with Crippen molar-refractivity contribution in [3.63, 3.8) is 0 Å². The number of nitroso groups, excluding NO2 is 2. The topological polar surface area (TPSA) is 147 Å². The van der Waals surface area contributed by atoms with E-state index in [-0.39, 0.29) is 12.5 Å². The van der Waals surface area contributed by atoms with Gasteiger partial charge < -0.3 is 15.4 Å². The van der Waals surface area contributed by atoms with Gasteiger partial charge in [-0.1, -0.05) is 15.3 Å². The molecule has 0 aliphatic carbocycles. The van der Waals surface area contributed by atoms with Gasteiger partial charge in [0.2, 0.25) is 0 Å². The first-order chi connectivity index (χ1) is 13.4. The minimum Gasteiger partial charge on any atom is -0.390 e. The molecule has 0 saturated carbocycles. The molecule has 0 amide bonds. The van der Waals surface area contributed by atoms with Crippen molar-refractivity contribution in [1.82, 2.24) is 25.3 Å². The van der Waals surface area contributed by atoms with Crippen LogP contribution in [0.25, 0.3) is 0 Å². The van der Waals surface area contributed by atoms with E-state index in [1.54, 1.807) is 6.92 Å². The van der Waals surface area contributed by atoms with Crippen molar-refractivity contribution in [2.75, 3.05) is 20.1 Å². The van der Waals surface area contributed by atoms with Crippen LogP contribution >= 0.6 is 0 Å². The van der Waals surface area contributed by atoms with Crippen LogP contribution in [0, 0.1) is 19.9 Å². The molecule has 0 bridgehead atoms. The van der Waals surface area contributed by atoms with E-state index >= 15 is 0 Å². The SMILES string of the molecule is CC(N=O)C(C)(C)NN(C)CCNC(C)(C)C(CCn1ccnc1[N+](=O)[O-])N=O. The Hall–Kier alpha value is -2.31. The van der Waals surface area contributed by atoms with Crippen LogP contribution in [0.5, 0.6) is 0 Å². The number of hydrogen-bond donors (Lipinski definition) is 2. The van der Waals surface area contributed by atoms with Gasteiger partial charge in [0.15, 0.2) is 0 Å². The van der Waals surface area contributed by atoms with E-state index in [1.807, 2.05) is 39.8 Å². The lowest BCUT2D eigenvalue weighted by Crippen LogP contribution is -2.57. The van der Waals surface area contributed by atoms with Gasteiger partial charge in [-0.2, -0.15) is 9.81 Å². The maximum Gasteiger partial charge on any atom is 0.434 e. The summed E-state index contributed by atoms with van der Waals surface area (Å²) in [4.78, 5) is 36.3. The average molecular weight is 412 g/mol. The minimum atomic E-state index is -0.606. The average Bonchev–Trinajstić information content (AvgIpc) is 3.09. The van der Waals surface area contributed by atoms with Crippen molar-refractivity contribution >= 4 is 5.95 Å². The first kappa shape index (κ1) is 24.7. The summed E-state index contributed by atoms with van der Waals surface area (Å²) in [6, 6.07) is -0.983. The quantitative estimate of drug-likeness (QED) is 0.268. The lowest BCUT2D eigenvalue weighted by molar-refractivity contribution is -0.396. The van der Waals surface area contributed by atoms with Crippen molar-refractivity contribution in [3.8, 4) is 0 Å². The van der Waals surface area contributed by atoms with Gasteiger partial charge in [-0.15, -0.1) is 0 Å². The van der Waals surface area contributed by atoms with Gasteiger partial charge in [-0.25, -0.2) is 15.0 Å². The number of likely N-dealkylation sites (N-methyl/N-ethyl adjacent to an activating group) is 1. The molecule has 0 saturated heterocycles. The van der Waals surface area contributed by atoms with Crippen LogP contribution < -0.4 is 10.7 Å². The van der Waals surface area contributed by atoms with Gasteiger partial charge in [-0.3, -0.25) is 0 Å². The summed E-state index contributed by atoms with van der Waals surface area (Å²) < 4.78 is 1.40. The molecule has 29 heavy (non-hydrogen) atoms. The van der Waals surface area contributed by atoms with Crippen molar-refractivity contribution in [1.29, 1.82) is 0 Å². The number of hydrogen-bond acceptors (Lipinski definition) is 10. The predicted octanol–water partition coefficient (Wildman–Crippen LogP) is 2.05. The fourth-order valence-corrected chi connectivity index (χ4v) is 2.89. The number of nitrogens with one attached hydrogen (secondary N) is 2. The molecule has 12 heteroatoms. The third-order valence-electron chi connectivity index (χ3n) is 5.17. The summed E-state index contributed by atoms with van der Waals surface area (Å²) >= 11 is 0. The molecule has 2 N–H and O–H groups in total. The Morgan fingerprint density at radius 2 is 1.93 bits per heavy atom. The Balaban J connectivity index is 2.56. The van der Waals surface area contributed by atoms with Crippen LogP contribution in [0.2, 0.25) is 0 Å². The van der Waals surface area contributed by atoms with E-state index in [1.165, 1.54) is 17.0 Å². The van der Waals surface area contributed by atoms with Crippen LogP contribution in [-0.4, -0.2) is 62.8 Å². The summed E-state index contributed by atoms with van der Waals surface area (Å²) in [6.45, 7) is 10.7. The molecule has 12 nitrogen and oxygen atoms in total. The Labute approximate surface area is 170 Å². The molecule has 0 aromatic carbocycles. The van der Waals surface area contributed by atoms with Crippen LogP contribution in [-0.2, 0) is 6.54 Å². The highest BCUT2D eigenvalue weighted by Gasteiger charge is 2.32. The molecular weight excluding hydrogens is 380 g/mol. The molecule has 2 unspecified atom stereocenters. The first-order valence-electron chi connectivity index (χ1n) is 9.49. The van der Waals surface area contributed by atoms with Gasteiger partial charge >= 0.3 is 5.95 Å². The maximum absolute atomic E-state index is 11.4. The summed E-state index contributed by atoms with van der Waals surface area (Å²) in [7, 11) is 1.86. The third kappa shape index (κ3) is 7.22. The normalized spacial score (nSPS) is 14.6. The second kappa shape index (κ2) is 10.5. The second-order valence-electron chi connectivity index (χ2n) is 8.27. The molecule has 0 spiro atoms. The smallest absolute Gasteiger partial charge is 0.390 e. The Morgan fingerprint density at radius 1 is 1.28 bits per heavy atom. The second-order valence-corrected chi connectivity index (χ2v) is 8.27. The Bertz CT molecular complexity index is 691. The Kier molecular flexibility index (Phi) is 8.92. The van der Waals surface area contributed by atoms with E-state index in [0.29, 0.717) is 19.5 Å². The van der Waals surface area contributed by atoms with Crippen LogP contribution in [0.15, 0.2) is 22.7 Å². The van der Waals surface area contributed by atoms with E-state index in [0.717, 1.165) is 0 Å². The highest BCUT2D eigenvalue weighted by atomic mass is 16.6. The van der Waals surface area contributed by atoms with Crippen LogP contribution in [0.3, 0.4) is 0 Å². The van der Waals surface area contributed by atoms with E-state index in [9.17, 15) is 19.9 Å². The van der Waals surface area contributed by atoms with Gasteiger partial charge in [0.25, 0.3) is 0 Å². The van der Waals surface area contributed by atoms with Crippen molar-refractivity contribution < 1.29 is 4.92 Å². The van der Waals surface area contributed by atoms with Gasteiger partial charge in [0.1, 0.15) is 24.5 Å². The fraction of sp³-hybridized carbons (Fsp3) is 0.824. The molecule has 2 atom stereocenters. The molecule has 164 valence electrons. The lowest BCUT2D eigenvalue weighted by atomic mass is 9.92. The number of nitro groups is 1. The third-order valence-corrected chi connectivity index (χ3v) is 5.17. The zero-order valence-corrected chi connectivity index (χ0v) is 18.0. The fourth-order valence-electron chi connectivity index (χ4n) is 2.89. The molecular formula is C17H32N8O4. The molecule has 1 aromatic heterocycles. The predicted molar refractivity (Wildman–Crippen MR) is 110 cm³/mol. The first-order valence-corrected chi connectivity index (χ1v) is 9.49. The van der Waals surface area contributed by atoms with E-state index in [4.69, 9.17) is 0 Å². The van der Waals surface area contributed by atoms with E-state index < -0.39 is 28.1 Å². The number of rotatable bonds is 14. The largest absolute Gasteiger partial charge is 0.434 e. The van der Waals surface area contributed by atoms with Crippen molar-refractivity contribution in [2.45, 2.75) is 70.7 Å². The summed E-state index contributed by atoms with van der Waals surface area (Å²) in [5.74, 6) is -0.255. The van der Waals surface area contributed by atoms with Crippen LogP contribution in [0.4, 0.5) is 5.95 Å². The van der Waals surface area contributed by atoms with E-state index in [2.05, 4.69) is 26.1 Å². The summed E-state index contributed by atoms with van der Waals surface area (Å²) in [5.41, 5.74) is 2.14. The molecule has 1 aromatic rings. The summed E-state index contributed by atoms with van der Waals surface area (Å²) in [6.07, 6.45) is 3.21. The Morgan fingerprint density at radius 3 is 2.48 bits per heavy atom. The number of aromatic nitrogens is 2. The zero-order chi connectivity index (χ0) is 22.2. The van der Waals surface area contributed by atoms with Crippen molar-refractivity contribution in [2.24, 2.45) is 10.4 Å². The highest BCUT2D eigenvalue weighted by molar-refractivity contribution is 5.06. The monoisotopic (exact) mass is 412 g/mol. The standard InChI is InChI=1S/C17H32N8O4/c1-13(20-26)16(2,3)22-23(6)11-9-19-17(4,5)14(21-27)7-10-24-12-8-18-15(24)25(28)29/h8,12-14,19,22H,7,9-11H2,1-6H3. The summed E-state index contributed by atoms with van der Waals surface area (Å²) in [5, 5.41) is 22.4. The van der Waals surface area contributed by atoms with Gasteiger partial charge in [-0.05, 0) is 39.5 Å². The molecule has 1 rings (SSSR count). The number of nitrogens with zero attached hydrogens (tertiary/aromatic N) is 6. The lowest BCUT2D eigenvalue weighted by Gasteiger charge is -2.35. The molecule has 0 aliphatic rings. The highest BCUT2D eigenvalue weighted by Crippen LogP contribution is 2.19. The van der Waals surface area contributed by atoms with Gasteiger partial charge in [0.05, 0.1) is 12.1 Å².